The van der Waals surface area contributed by atoms with Crippen molar-refractivity contribution < 1.29 is 19.1 Å². The molecular weight excluding hydrogens is 472 g/mol. The van der Waals surface area contributed by atoms with Crippen LogP contribution >= 0.6 is 11.8 Å². The fourth-order valence-electron chi connectivity index (χ4n) is 3.60. The molecule has 0 saturated heterocycles. The molecule has 0 aliphatic rings. The molecule has 0 radical (unpaired) electrons. The lowest BCUT2D eigenvalue weighted by molar-refractivity contribution is -0.115. The van der Waals surface area contributed by atoms with Gasteiger partial charge in [0.25, 0.3) is 5.91 Å². The monoisotopic (exact) mass is 498 g/mol. The van der Waals surface area contributed by atoms with Crippen molar-refractivity contribution in [3.05, 3.63) is 114 Å². The summed E-state index contributed by atoms with van der Waals surface area (Å²) < 4.78 is 10.6. The Labute approximate surface area is 214 Å². The van der Waals surface area contributed by atoms with Crippen molar-refractivity contribution in [2.45, 2.75) is 10.1 Å². The predicted molar refractivity (Wildman–Crippen MR) is 144 cm³/mol. The van der Waals surface area contributed by atoms with Gasteiger partial charge in [-0.25, -0.2) is 0 Å². The van der Waals surface area contributed by atoms with Crippen LogP contribution in [0.2, 0.25) is 0 Å². The Morgan fingerprint density at radius 1 is 0.750 bits per heavy atom. The Morgan fingerprint density at radius 3 is 2.28 bits per heavy atom. The first-order chi connectivity index (χ1) is 17.6. The molecule has 0 spiro atoms. The number of methoxy groups -OCH3 is 2. The first-order valence-electron chi connectivity index (χ1n) is 11.3. The van der Waals surface area contributed by atoms with Crippen molar-refractivity contribution in [1.82, 2.24) is 0 Å². The van der Waals surface area contributed by atoms with Crippen LogP contribution in [0.4, 0.5) is 11.4 Å². The van der Waals surface area contributed by atoms with Gasteiger partial charge in [0.15, 0.2) is 0 Å². The van der Waals surface area contributed by atoms with Gasteiger partial charge in [0, 0.05) is 16.1 Å². The molecule has 2 N–H and O–H groups in total. The van der Waals surface area contributed by atoms with E-state index in [0.717, 1.165) is 10.5 Å². The van der Waals surface area contributed by atoms with Crippen LogP contribution in [0.15, 0.2) is 108 Å². The summed E-state index contributed by atoms with van der Waals surface area (Å²) in [5.41, 5.74) is 2.59. The third kappa shape index (κ3) is 6.25. The van der Waals surface area contributed by atoms with E-state index >= 15 is 0 Å². The van der Waals surface area contributed by atoms with Gasteiger partial charge in [0.05, 0.1) is 19.9 Å². The minimum Gasteiger partial charge on any atom is -0.497 e. The molecule has 36 heavy (non-hydrogen) atoms. The molecule has 6 nitrogen and oxygen atoms in total. The molecule has 1 unspecified atom stereocenters. The standard InChI is InChI=1S/C29H26N2O4S/c1-34-23-14-8-12-21(18-23)28(32)30-22-13-9-15-24(19-22)36-27(20-10-4-3-5-11-20)29(33)31-25-16-6-7-17-26(25)35-2/h3-19,27H,1-2H3,(H,30,32)(H,31,33). The summed E-state index contributed by atoms with van der Waals surface area (Å²) >= 11 is 1.40. The minimum atomic E-state index is -0.527. The lowest BCUT2D eigenvalue weighted by Gasteiger charge is -2.18. The Morgan fingerprint density at radius 2 is 1.50 bits per heavy atom. The van der Waals surface area contributed by atoms with Gasteiger partial charge in [-0.05, 0) is 54.1 Å². The second-order valence-electron chi connectivity index (χ2n) is 7.81. The van der Waals surface area contributed by atoms with Crippen LogP contribution in [0.5, 0.6) is 11.5 Å². The Bertz CT molecular complexity index is 1340. The highest BCUT2D eigenvalue weighted by molar-refractivity contribution is 8.00. The van der Waals surface area contributed by atoms with Gasteiger partial charge in [0.2, 0.25) is 5.91 Å². The third-order valence-corrected chi connectivity index (χ3v) is 6.63. The van der Waals surface area contributed by atoms with Crippen LogP contribution < -0.4 is 20.1 Å². The Hall–Kier alpha value is -4.23. The molecule has 7 heteroatoms. The van der Waals surface area contributed by atoms with Gasteiger partial charge < -0.3 is 20.1 Å². The highest BCUT2D eigenvalue weighted by Gasteiger charge is 2.23. The van der Waals surface area contributed by atoms with Crippen molar-refractivity contribution in [3.8, 4) is 11.5 Å². The van der Waals surface area contributed by atoms with E-state index in [1.165, 1.54) is 11.8 Å². The number of hydrogen-bond acceptors (Lipinski definition) is 5. The average Bonchev–Trinajstić information content (AvgIpc) is 2.92. The molecule has 0 heterocycles. The zero-order valence-electron chi connectivity index (χ0n) is 19.9. The van der Waals surface area contributed by atoms with Crippen molar-refractivity contribution in [2.24, 2.45) is 0 Å². The molecule has 1 atom stereocenters. The smallest absolute Gasteiger partial charge is 0.255 e. The van der Waals surface area contributed by atoms with Gasteiger partial charge in [-0.15, -0.1) is 11.8 Å². The van der Waals surface area contributed by atoms with Gasteiger partial charge in [-0.1, -0.05) is 54.6 Å². The van der Waals surface area contributed by atoms with Crippen LogP contribution in [-0.4, -0.2) is 26.0 Å². The van der Waals surface area contributed by atoms with E-state index in [1.54, 1.807) is 50.6 Å². The second-order valence-corrected chi connectivity index (χ2v) is 8.99. The van der Waals surface area contributed by atoms with E-state index in [-0.39, 0.29) is 11.8 Å². The summed E-state index contributed by atoms with van der Waals surface area (Å²) in [4.78, 5) is 27.0. The first-order valence-corrected chi connectivity index (χ1v) is 12.2. The van der Waals surface area contributed by atoms with Crippen molar-refractivity contribution in [2.75, 3.05) is 24.9 Å². The number of rotatable bonds is 9. The van der Waals surface area contributed by atoms with Gasteiger partial charge in [0.1, 0.15) is 16.7 Å². The van der Waals surface area contributed by atoms with Crippen LogP contribution in [0.1, 0.15) is 21.2 Å². The average molecular weight is 499 g/mol. The highest BCUT2D eigenvalue weighted by Crippen LogP contribution is 2.38. The van der Waals surface area contributed by atoms with Gasteiger partial charge >= 0.3 is 0 Å². The number of hydrogen-bond donors (Lipinski definition) is 2. The zero-order chi connectivity index (χ0) is 25.3. The summed E-state index contributed by atoms with van der Waals surface area (Å²) in [5, 5.41) is 5.39. The normalized spacial score (nSPS) is 11.3. The summed E-state index contributed by atoms with van der Waals surface area (Å²) in [6.07, 6.45) is 0. The lowest BCUT2D eigenvalue weighted by Crippen LogP contribution is -2.19. The summed E-state index contributed by atoms with van der Waals surface area (Å²) in [6, 6.07) is 31.3. The van der Waals surface area contributed by atoms with Crippen molar-refractivity contribution >= 4 is 35.0 Å². The first kappa shape index (κ1) is 24.9. The number of amides is 2. The van der Waals surface area contributed by atoms with E-state index in [2.05, 4.69) is 10.6 Å². The number of carbonyl (C=O) groups is 2. The maximum Gasteiger partial charge on any atom is 0.255 e. The number of nitrogens with one attached hydrogen (secondary N) is 2. The molecule has 0 aromatic heterocycles. The maximum absolute atomic E-state index is 13.4. The Balaban J connectivity index is 1.55. The quantitative estimate of drug-likeness (QED) is 0.260. The van der Waals surface area contributed by atoms with Gasteiger partial charge in [-0.2, -0.15) is 0 Å². The van der Waals surface area contributed by atoms with Gasteiger partial charge in [-0.3, -0.25) is 9.59 Å². The summed E-state index contributed by atoms with van der Waals surface area (Å²) in [5.74, 6) is 0.773. The fourth-order valence-corrected chi connectivity index (χ4v) is 4.68. The Kier molecular flexibility index (Phi) is 8.26. The number of anilines is 2. The number of thioether (sulfide) groups is 1. The fraction of sp³-hybridized carbons (Fsp3) is 0.103. The number of ether oxygens (including phenoxy) is 2. The molecule has 182 valence electrons. The third-order valence-electron chi connectivity index (χ3n) is 5.38. The lowest BCUT2D eigenvalue weighted by atomic mass is 10.1. The van der Waals surface area contributed by atoms with Crippen molar-refractivity contribution in [3.63, 3.8) is 0 Å². The molecule has 2 amide bonds. The van der Waals surface area contributed by atoms with E-state index in [0.29, 0.717) is 28.4 Å². The van der Waals surface area contributed by atoms with Crippen LogP contribution in [0.3, 0.4) is 0 Å². The molecule has 4 aromatic rings. The number of carbonyl (C=O) groups excluding carboxylic acids is 2. The van der Waals surface area contributed by atoms with Crippen LogP contribution in [0.25, 0.3) is 0 Å². The molecule has 4 aromatic carbocycles. The highest BCUT2D eigenvalue weighted by atomic mass is 32.2. The number of benzene rings is 4. The molecule has 0 fully saturated rings. The minimum absolute atomic E-state index is 0.179. The van der Waals surface area contributed by atoms with Crippen molar-refractivity contribution in [1.29, 1.82) is 0 Å². The maximum atomic E-state index is 13.4. The van der Waals surface area contributed by atoms with E-state index in [1.807, 2.05) is 66.7 Å². The van der Waals surface area contributed by atoms with Crippen LogP contribution in [0, 0.1) is 0 Å². The van der Waals surface area contributed by atoms with E-state index in [4.69, 9.17) is 9.47 Å². The molecular formula is C29H26N2O4S. The zero-order valence-corrected chi connectivity index (χ0v) is 20.8. The second kappa shape index (κ2) is 12.0. The molecule has 0 bridgehead atoms. The summed E-state index contributed by atoms with van der Waals surface area (Å²) in [7, 11) is 3.13. The predicted octanol–water partition coefficient (Wildman–Crippen LogP) is 6.43. The molecule has 0 aliphatic carbocycles. The van der Waals surface area contributed by atoms with E-state index < -0.39 is 5.25 Å². The SMILES string of the molecule is COc1cccc(C(=O)Nc2cccc(SC(C(=O)Nc3ccccc3OC)c3ccccc3)c2)c1. The topological polar surface area (TPSA) is 76.7 Å². The molecule has 0 aliphatic heterocycles. The summed E-state index contributed by atoms with van der Waals surface area (Å²) in [6.45, 7) is 0. The van der Waals surface area contributed by atoms with E-state index in [9.17, 15) is 9.59 Å². The largest absolute Gasteiger partial charge is 0.497 e. The molecule has 0 saturated carbocycles. The van der Waals surface area contributed by atoms with Crippen LogP contribution in [-0.2, 0) is 4.79 Å². The number of para-hydroxylation sites is 2. The molecule has 4 rings (SSSR count).